The molecule has 0 aliphatic carbocycles. The molecular formula is C22H28N6OS. The van der Waals surface area contributed by atoms with Crippen molar-refractivity contribution in [1.82, 2.24) is 29.4 Å². The third-order valence-corrected chi connectivity index (χ3v) is 6.48. The maximum absolute atomic E-state index is 5.86. The first-order valence-electron chi connectivity index (χ1n) is 10.9. The van der Waals surface area contributed by atoms with E-state index in [0.29, 0.717) is 17.4 Å². The number of aromatic nitrogens is 5. The molecule has 1 atom stereocenters. The van der Waals surface area contributed by atoms with Crippen LogP contribution in [0.3, 0.4) is 0 Å². The van der Waals surface area contributed by atoms with Gasteiger partial charge in [0.1, 0.15) is 11.6 Å². The highest BCUT2D eigenvalue weighted by molar-refractivity contribution is 7.71. The fourth-order valence-electron chi connectivity index (χ4n) is 4.82. The molecule has 8 heteroatoms. The van der Waals surface area contributed by atoms with Crippen LogP contribution in [0.5, 0.6) is 0 Å². The molecule has 2 aliphatic heterocycles. The Kier molecular flexibility index (Phi) is 5.28. The van der Waals surface area contributed by atoms with E-state index in [4.69, 9.17) is 21.7 Å². The predicted molar refractivity (Wildman–Crippen MR) is 116 cm³/mol. The minimum Gasteiger partial charge on any atom is -0.409 e. The van der Waals surface area contributed by atoms with Gasteiger partial charge in [-0.15, -0.1) is 15.3 Å². The lowest BCUT2D eigenvalue weighted by Crippen LogP contribution is -2.29. The van der Waals surface area contributed by atoms with Gasteiger partial charge in [-0.25, -0.2) is 4.68 Å². The highest BCUT2D eigenvalue weighted by Gasteiger charge is 2.32. The molecule has 1 saturated heterocycles. The molecule has 4 heterocycles. The molecule has 0 unspecified atom stereocenters. The topological polar surface area (TPSA) is 64.9 Å². The van der Waals surface area contributed by atoms with Crippen molar-refractivity contribution in [3.05, 3.63) is 45.8 Å². The van der Waals surface area contributed by atoms with Gasteiger partial charge in [0.05, 0.1) is 12.7 Å². The molecule has 0 bridgehead atoms. The molecule has 7 nitrogen and oxygen atoms in total. The van der Waals surface area contributed by atoms with Crippen LogP contribution in [0.1, 0.15) is 60.9 Å². The molecule has 30 heavy (non-hydrogen) atoms. The van der Waals surface area contributed by atoms with Crippen LogP contribution in [0, 0.1) is 18.7 Å². The van der Waals surface area contributed by atoms with E-state index >= 15 is 0 Å². The Labute approximate surface area is 181 Å². The van der Waals surface area contributed by atoms with Gasteiger partial charge in [0, 0.05) is 25.1 Å². The molecule has 2 aliphatic rings. The smallest absolute Gasteiger partial charge is 0.288 e. The van der Waals surface area contributed by atoms with Gasteiger partial charge in [-0.3, -0.25) is 4.90 Å². The molecule has 0 saturated carbocycles. The monoisotopic (exact) mass is 424 g/mol. The first-order valence-corrected chi connectivity index (χ1v) is 11.3. The molecule has 1 aromatic carbocycles. The number of fused-ring (bicyclic) bond motifs is 1. The van der Waals surface area contributed by atoms with Crippen LogP contribution < -0.4 is 0 Å². The number of aryl methyl sites for hydroxylation is 3. The second-order valence-electron chi connectivity index (χ2n) is 8.60. The van der Waals surface area contributed by atoms with Gasteiger partial charge in [-0.2, -0.15) is 0 Å². The SMILES string of the molecule is Cc1cc(C)cc(-c2nn(CN3CCC[C@H]3c3nnc4n3CCCCC4)c(=S)o2)c1. The molecule has 1 fully saturated rings. The number of rotatable bonds is 4. The van der Waals surface area contributed by atoms with Crippen LogP contribution in [-0.4, -0.2) is 36.0 Å². The van der Waals surface area contributed by atoms with E-state index in [-0.39, 0.29) is 6.04 Å². The average molecular weight is 425 g/mol. The summed E-state index contributed by atoms with van der Waals surface area (Å²) in [5.74, 6) is 2.83. The highest BCUT2D eigenvalue weighted by Crippen LogP contribution is 2.33. The van der Waals surface area contributed by atoms with Crippen molar-refractivity contribution in [2.75, 3.05) is 6.54 Å². The fourth-order valence-corrected chi connectivity index (χ4v) is 5.00. The summed E-state index contributed by atoms with van der Waals surface area (Å²) >= 11 is 5.50. The third-order valence-electron chi connectivity index (χ3n) is 6.19. The first kappa shape index (κ1) is 19.6. The summed E-state index contributed by atoms with van der Waals surface area (Å²) in [6.07, 6.45) is 6.95. The van der Waals surface area contributed by atoms with Crippen LogP contribution in [0.25, 0.3) is 11.5 Å². The van der Waals surface area contributed by atoms with E-state index in [1.807, 2.05) is 0 Å². The van der Waals surface area contributed by atoms with Gasteiger partial charge in [0.2, 0.25) is 5.89 Å². The first-order chi connectivity index (χ1) is 14.6. The van der Waals surface area contributed by atoms with Gasteiger partial charge in [0.25, 0.3) is 4.84 Å². The Bertz CT molecular complexity index is 1090. The summed E-state index contributed by atoms with van der Waals surface area (Å²) in [7, 11) is 0. The molecular weight excluding hydrogens is 396 g/mol. The van der Waals surface area contributed by atoms with E-state index in [1.54, 1.807) is 4.68 Å². The van der Waals surface area contributed by atoms with Gasteiger partial charge >= 0.3 is 0 Å². The van der Waals surface area contributed by atoms with Crippen molar-refractivity contribution < 1.29 is 4.42 Å². The molecule has 0 amide bonds. The Balaban J connectivity index is 1.40. The highest BCUT2D eigenvalue weighted by atomic mass is 32.1. The Morgan fingerprint density at radius 1 is 1.03 bits per heavy atom. The number of hydrogen-bond acceptors (Lipinski definition) is 6. The molecule has 0 radical (unpaired) electrons. The molecule has 0 spiro atoms. The van der Waals surface area contributed by atoms with E-state index in [2.05, 4.69) is 51.7 Å². The minimum absolute atomic E-state index is 0.257. The lowest BCUT2D eigenvalue weighted by Gasteiger charge is -2.23. The summed E-state index contributed by atoms with van der Waals surface area (Å²) < 4.78 is 10.0. The van der Waals surface area contributed by atoms with Crippen molar-refractivity contribution >= 4 is 12.2 Å². The van der Waals surface area contributed by atoms with Crippen LogP contribution in [0.15, 0.2) is 22.6 Å². The summed E-state index contributed by atoms with van der Waals surface area (Å²) in [5.41, 5.74) is 3.35. The fraction of sp³-hybridized carbons (Fsp3) is 0.545. The van der Waals surface area contributed by atoms with Gasteiger partial charge in [-0.05, 0) is 63.9 Å². The summed E-state index contributed by atoms with van der Waals surface area (Å²) in [5, 5.41) is 13.8. The van der Waals surface area contributed by atoms with E-state index in [1.165, 1.54) is 30.4 Å². The molecule has 158 valence electrons. The summed E-state index contributed by atoms with van der Waals surface area (Å²) in [6.45, 7) is 6.81. The Morgan fingerprint density at radius 3 is 2.70 bits per heavy atom. The second-order valence-corrected chi connectivity index (χ2v) is 8.95. The minimum atomic E-state index is 0.257. The summed E-state index contributed by atoms with van der Waals surface area (Å²) in [6, 6.07) is 6.57. The van der Waals surface area contributed by atoms with Crippen molar-refractivity contribution in [2.45, 2.75) is 71.6 Å². The third kappa shape index (κ3) is 3.74. The number of likely N-dealkylation sites (tertiary alicyclic amines) is 1. The van der Waals surface area contributed by atoms with Crippen LogP contribution in [0.2, 0.25) is 0 Å². The normalized spacial score (nSPS) is 19.7. The van der Waals surface area contributed by atoms with Crippen molar-refractivity contribution in [1.29, 1.82) is 0 Å². The zero-order valence-corrected chi connectivity index (χ0v) is 18.5. The van der Waals surface area contributed by atoms with E-state index < -0.39 is 0 Å². The van der Waals surface area contributed by atoms with E-state index in [0.717, 1.165) is 49.6 Å². The van der Waals surface area contributed by atoms with Gasteiger partial charge in [0.15, 0.2) is 0 Å². The summed E-state index contributed by atoms with van der Waals surface area (Å²) in [4.78, 5) is 2.82. The molecule has 3 aromatic rings. The van der Waals surface area contributed by atoms with E-state index in [9.17, 15) is 0 Å². The van der Waals surface area contributed by atoms with Crippen molar-refractivity contribution in [3.8, 4) is 11.5 Å². The zero-order valence-electron chi connectivity index (χ0n) is 17.7. The maximum atomic E-state index is 5.86. The van der Waals surface area contributed by atoms with Crippen molar-refractivity contribution in [3.63, 3.8) is 0 Å². The van der Waals surface area contributed by atoms with Crippen LogP contribution >= 0.6 is 12.2 Å². The maximum Gasteiger partial charge on any atom is 0.288 e. The standard InChI is InChI=1S/C22H28N6OS/c1-15-11-16(2)13-17(12-15)21-25-28(22(30)29-21)14-26-9-6-7-18(26)20-24-23-19-8-4-3-5-10-27(19)20/h11-13,18H,3-10,14H2,1-2H3/t18-/m0/s1. The molecule has 2 aromatic heterocycles. The van der Waals surface area contributed by atoms with Crippen LogP contribution in [-0.2, 0) is 19.6 Å². The van der Waals surface area contributed by atoms with Crippen molar-refractivity contribution in [2.24, 2.45) is 0 Å². The molecule has 5 rings (SSSR count). The molecule has 0 N–H and O–H groups in total. The Hall–Kier alpha value is -2.32. The predicted octanol–water partition coefficient (Wildman–Crippen LogP) is 4.60. The Morgan fingerprint density at radius 2 is 1.87 bits per heavy atom. The van der Waals surface area contributed by atoms with Gasteiger partial charge in [-0.1, -0.05) is 23.6 Å². The van der Waals surface area contributed by atoms with Gasteiger partial charge < -0.3 is 8.98 Å². The lowest BCUT2D eigenvalue weighted by atomic mass is 10.1. The average Bonchev–Trinajstić information content (AvgIpc) is 3.37. The lowest BCUT2D eigenvalue weighted by molar-refractivity contribution is 0.178. The number of nitrogens with zero attached hydrogens (tertiary/aromatic N) is 6. The number of hydrogen-bond donors (Lipinski definition) is 0. The zero-order chi connectivity index (χ0) is 20.7. The number of benzene rings is 1. The second kappa shape index (κ2) is 8.07. The largest absolute Gasteiger partial charge is 0.409 e. The van der Waals surface area contributed by atoms with Crippen LogP contribution in [0.4, 0.5) is 0 Å². The quantitative estimate of drug-likeness (QED) is 0.570.